The van der Waals surface area contributed by atoms with Crippen molar-refractivity contribution >= 4 is 11.7 Å². The largest absolute Gasteiger partial charge is 0.478 e. The fourth-order valence-corrected chi connectivity index (χ4v) is 3.90. The molecular weight excluding hydrogens is 288 g/mol. The van der Waals surface area contributed by atoms with Crippen LogP contribution in [-0.4, -0.2) is 16.1 Å². The Balaban J connectivity index is 1.85. The number of carboxylic acid groups (broad SMARTS) is 1. The number of nitrogens with one attached hydrogen (secondary N) is 1. The lowest BCUT2D eigenvalue weighted by Gasteiger charge is -2.38. The first-order valence-electron chi connectivity index (χ1n) is 7.87. The van der Waals surface area contributed by atoms with Crippen molar-refractivity contribution in [1.82, 2.24) is 4.98 Å². The van der Waals surface area contributed by atoms with E-state index in [1.165, 1.54) is 5.56 Å². The number of hydrogen-bond donors (Lipinski definition) is 2. The molecule has 1 aliphatic carbocycles. The van der Waals surface area contributed by atoms with Crippen LogP contribution in [0, 0.1) is 12.8 Å². The number of nitrogens with zero attached hydrogens (tertiary/aromatic N) is 1. The molecule has 0 fully saturated rings. The molecule has 4 heteroatoms. The zero-order valence-corrected chi connectivity index (χ0v) is 12.9. The number of aromatic carboxylic acids is 1. The highest BCUT2D eigenvalue weighted by Crippen LogP contribution is 2.50. The van der Waals surface area contributed by atoms with Crippen LogP contribution >= 0.6 is 0 Å². The monoisotopic (exact) mass is 306 g/mol. The Morgan fingerprint density at radius 3 is 2.91 bits per heavy atom. The Labute approximate surface area is 134 Å². The summed E-state index contributed by atoms with van der Waals surface area (Å²) in [5.41, 5.74) is 4.31. The molecule has 1 aromatic heterocycles. The molecule has 116 valence electrons. The molecule has 2 N–H and O–H groups in total. The van der Waals surface area contributed by atoms with Gasteiger partial charge in [-0.2, -0.15) is 0 Å². The summed E-state index contributed by atoms with van der Waals surface area (Å²) in [6, 6.07) is 9.74. The molecule has 2 aromatic rings. The fraction of sp³-hybridized carbons (Fsp3) is 0.263. The molecule has 0 amide bonds. The first-order chi connectivity index (χ1) is 11.2. The third-order valence-electron chi connectivity index (χ3n) is 5.03. The van der Waals surface area contributed by atoms with E-state index >= 15 is 0 Å². The maximum Gasteiger partial charge on any atom is 0.336 e. The van der Waals surface area contributed by atoms with Crippen molar-refractivity contribution in [3.8, 4) is 0 Å². The fourth-order valence-electron chi connectivity index (χ4n) is 3.90. The van der Waals surface area contributed by atoms with Crippen molar-refractivity contribution in [2.24, 2.45) is 5.92 Å². The minimum atomic E-state index is -0.884. The second kappa shape index (κ2) is 5.23. The predicted octanol–water partition coefficient (Wildman–Crippen LogP) is 3.91. The molecule has 1 aliphatic heterocycles. The third kappa shape index (κ3) is 2.13. The summed E-state index contributed by atoms with van der Waals surface area (Å²) >= 11 is 0. The maximum atomic E-state index is 11.4. The molecule has 23 heavy (non-hydrogen) atoms. The minimum Gasteiger partial charge on any atom is -0.478 e. The second-order valence-electron chi connectivity index (χ2n) is 6.24. The highest BCUT2D eigenvalue weighted by molar-refractivity contribution is 5.92. The highest BCUT2D eigenvalue weighted by atomic mass is 16.4. The van der Waals surface area contributed by atoms with Gasteiger partial charge >= 0.3 is 5.97 Å². The van der Waals surface area contributed by atoms with Crippen LogP contribution in [0.5, 0.6) is 0 Å². The molecule has 0 bridgehead atoms. The standard InChI is InChI=1S/C19H18N2O2/c1-11-12(19(22)23)8-9-15-13-5-4-6-14(13)18(21-17(11)15)16-7-2-3-10-20-16/h2-5,7-10,13-14,18,21H,6H2,1H3,(H,22,23)/t13-,14+,18-/m0/s1. The second-order valence-corrected chi connectivity index (χ2v) is 6.24. The van der Waals surface area contributed by atoms with Gasteiger partial charge in [-0.05, 0) is 48.6 Å². The molecule has 4 nitrogen and oxygen atoms in total. The molecule has 2 heterocycles. The van der Waals surface area contributed by atoms with Crippen LogP contribution in [0.2, 0.25) is 0 Å². The van der Waals surface area contributed by atoms with Crippen molar-refractivity contribution in [2.45, 2.75) is 25.3 Å². The van der Waals surface area contributed by atoms with Crippen LogP contribution in [0.4, 0.5) is 5.69 Å². The van der Waals surface area contributed by atoms with Gasteiger partial charge in [0.1, 0.15) is 0 Å². The van der Waals surface area contributed by atoms with Crippen LogP contribution in [0.1, 0.15) is 45.6 Å². The van der Waals surface area contributed by atoms with Gasteiger partial charge in [0, 0.05) is 17.8 Å². The van der Waals surface area contributed by atoms with E-state index in [1.807, 2.05) is 37.4 Å². The molecule has 3 atom stereocenters. The van der Waals surface area contributed by atoms with Crippen LogP contribution in [0.3, 0.4) is 0 Å². The summed E-state index contributed by atoms with van der Waals surface area (Å²) in [6.07, 6.45) is 7.30. The van der Waals surface area contributed by atoms with E-state index in [2.05, 4.69) is 22.5 Å². The molecular formula is C19H18N2O2. The summed E-state index contributed by atoms with van der Waals surface area (Å²) in [5.74, 6) is -0.141. The lowest BCUT2D eigenvalue weighted by atomic mass is 9.77. The Morgan fingerprint density at radius 2 is 2.17 bits per heavy atom. The Hall–Kier alpha value is -2.62. The minimum absolute atomic E-state index is 0.103. The summed E-state index contributed by atoms with van der Waals surface area (Å²) in [6.45, 7) is 1.88. The van der Waals surface area contributed by atoms with Crippen molar-refractivity contribution in [1.29, 1.82) is 0 Å². The van der Waals surface area contributed by atoms with Gasteiger partial charge in [0.2, 0.25) is 0 Å². The van der Waals surface area contributed by atoms with Crippen molar-refractivity contribution in [3.05, 3.63) is 71.1 Å². The zero-order valence-electron chi connectivity index (χ0n) is 12.9. The number of rotatable bonds is 2. The zero-order chi connectivity index (χ0) is 16.0. The molecule has 2 aliphatic rings. The summed E-state index contributed by atoms with van der Waals surface area (Å²) in [5, 5.41) is 13.0. The highest BCUT2D eigenvalue weighted by Gasteiger charge is 2.39. The van der Waals surface area contributed by atoms with Crippen LogP contribution in [0.15, 0.2) is 48.7 Å². The summed E-state index contributed by atoms with van der Waals surface area (Å²) in [4.78, 5) is 15.9. The molecule has 0 spiro atoms. The maximum absolute atomic E-state index is 11.4. The summed E-state index contributed by atoms with van der Waals surface area (Å²) in [7, 11) is 0. The number of hydrogen-bond acceptors (Lipinski definition) is 3. The average Bonchev–Trinajstić information content (AvgIpc) is 3.05. The number of aromatic nitrogens is 1. The number of carboxylic acids is 1. The molecule has 4 rings (SSSR count). The number of pyridine rings is 1. The summed E-state index contributed by atoms with van der Waals surface area (Å²) < 4.78 is 0. The Kier molecular flexibility index (Phi) is 3.18. The molecule has 0 saturated carbocycles. The number of allylic oxidation sites excluding steroid dienone is 2. The number of fused-ring (bicyclic) bond motifs is 3. The van der Waals surface area contributed by atoms with Crippen molar-refractivity contribution < 1.29 is 9.90 Å². The van der Waals surface area contributed by atoms with E-state index in [0.29, 0.717) is 17.4 Å². The number of benzene rings is 1. The Morgan fingerprint density at radius 1 is 1.30 bits per heavy atom. The third-order valence-corrected chi connectivity index (χ3v) is 5.03. The van der Waals surface area contributed by atoms with Gasteiger partial charge in [-0.1, -0.05) is 24.3 Å². The molecule has 1 aromatic carbocycles. The lowest BCUT2D eigenvalue weighted by molar-refractivity contribution is 0.0696. The molecule has 0 radical (unpaired) electrons. The van der Waals surface area contributed by atoms with Gasteiger partial charge in [0.05, 0.1) is 17.3 Å². The average molecular weight is 306 g/mol. The predicted molar refractivity (Wildman–Crippen MR) is 88.7 cm³/mol. The van der Waals surface area contributed by atoms with E-state index in [1.54, 1.807) is 6.07 Å². The topological polar surface area (TPSA) is 62.2 Å². The van der Waals surface area contributed by atoms with Gasteiger partial charge in [-0.3, -0.25) is 4.98 Å². The van der Waals surface area contributed by atoms with Gasteiger partial charge in [0.15, 0.2) is 0 Å². The van der Waals surface area contributed by atoms with E-state index < -0.39 is 5.97 Å². The van der Waals surface area contributed by atoms with Gasteiger partial charge < -0.3 is 10.4 Å². The number of carbonyl (C=O) groups is 1. The van der Waals surface area contributed by atoms with Gasteiger partial charge in [0.25, 0.3) is 0 Å². The van der Waals surface area contributed by atoms with Gasteiger partial charge in [-0.15, -0.1) is 0 Å². The van der Waals surface area contributed by atoms with Crippen LogP contribution in [-0.2, 0) is 0 Å². The quantitative estimate of drug-likeness (QED) is 0.826. The smallest absolute Gasteiger partial charge is 0.336 e. The van der Waals surface area contributed by atoms with Crippen molar-refractivity contribution in [2.75, 3.05) is 5.32 Å². The van der Waals surface area contributed by atoms with E-state index in [4.69, 9.17) is 0 Å². The normalized spacial score (nSPS) is 24.7. The first kappa shape index (κ1) is 14.0. The van der Waals surface area contributed by atoms with Crippen LogP contribution < -0.4 is 5.32 Å². The molecule has 0 saturated heterocycles. The van der Waals surface area contributed by atoms with Crippen LogP contribution in [0.25, 0.3) is 0 Å². The Bertz CT molecular complexity index is 799. The molecule has 0 unspecified atom stereocenters. The van der Waals surface area contributed by atoms with E-state index in [0.717, 1.165) is 23.4 Å². The van der Waals surface area contributed by atoms with Gasteiger partial charge in [-0.25, -0.2) is 4.79 Å². The first-order valence-corrected chi connectivity index (χ1v) is 7.87. The lowest BCUT2D eigenvalue weighted by Crippen LogP contribution is -2.30. The van der Waals surface area contributed by atoms with E-state index in [9.17, 15) is 9.90 Å². The van der Waals surface area contributed by atoms with Crippen molar-refractivity contribution in [3.63, 3.8) is 0 Å². The van der Waals surface area contributed by atoms with E-state index in [-0.39, 0.29) is 6.04 Å². The SMILES string of the molecule is Cc1c(C(=O)O)ccc2c1N[C@H](c1ccccn1)[C@@H]1CC=C[C@H]21. The number of anilines is 1.